The van der Waals surface area contributed by atoms with Crippen molar-refractivity contribution < 1.29 is 4.42 Å². The fourth-order valence-corrected chi connectivity index (χ4v) is 8.35. The maximum atomic E-state index is 6.67. The molecule has 1 aliphatic rings. The molecule has 1 aliphatic heterocycles. The van der Waals surface area contributed by atoms with Crippen LogP contribution in [0.4, 0.5) is 28.4 Å². The second kappa shape index (κ2) is 13.5. The summed E-state index contributed by atoms with van der Waals surface area (Å²) in [5, 5.41) is 7.32. The zero-order valence-corrected chi connectivity index (χ0v) is 30.3. The number of aryl methyl sites for hydroxylation is 1. The van der Waals surface area contributed by atoms with Crippen LogP contribution in [0.1, 0.15) is 31.7 Å². The van der Waals surface area contributed by atoms with Crippen molar-refractivity contribution in [1.82, 2.24) is 4.57 Å². The Balaban J connectivity index is 1.26. The Labute approximate surface area is 316 Å². The zero-order chi connectivity index (χ0) is 36.0. The highest BCUT2D eigenvalue weighted by atomic mass is 16.3. The summed E-state index contributed by atoms with van der Waals surface area (Å²) in [6.45, 7) is 2.26. The summed E-state index contributed by atoms with van der Waals surface area (Å²) >= 11 is 0. The number of nitrogens with one attached hydrogen (secondary N) is 1. The standard InChI is InChI=1S/C49H39BN3O/c1-2-3-6-17-33-28-30-34(31-29-33)51-41-25-14-11-22-37(41)40-32-43(52(35-18-7-4-8-19-35)36-20-9-5-10-21-36)45-38-23-12-15-26-42(38)53-47-39-24-13-16-27-44(39)54-49(47)50-46(40)48(45)53/h4-5,7-16,18-32,51H,2-3,6,17H2,1H3. The quantitative estimate of drug-likeness (QED) is 0.114. The summed E-state index contributed by atoms with van der Waals surface area (Å²) in [6.07, 6.45) is 4.84. The van der Waals surface area contributed by atoms with Gasteiger partial charge in [-0.1, -0.05) is 117 Å². The van der Waals surface area contributed by atoms with E-state index in [0.717, 1.165) is 79.3 Å². The maximum absolute atomic E-state index is 6.67. The first kappa shape index (κ1) is 32.2. The fourth-order valence-electron chi connectivity index (χ4n) is 8.35. The first-order valence-electron chi connectivity index (χ1n) is 19.1. The van der Waals surface area contributed by atoms with E-state index < -0.39 is 0 Å². The summed E-state index contributed by atoms with van der Waals surface area (Å²) in [7, 11) is 2.27. The molecule has 0 atom stereocenters. The Bertz CT molecular complexity index is 2740. The van der Waals surface area contributed by atoms with Gasteiger partial charge in [0, 0.05) is 44.5 Å². The molecule has 0 spiro atoms. The minimum absolute atomic E-state index is 0.868. The van der Waals surface area contributed by atoms with Crippen molar-refractivity contribution in [1.29, 1.82) is 0 Å². The molecular weight excluding hydrogens is 657 g/mol. The first-order valence-corrected chi connectivity index (χ1v) is 19.1. The van der Waals surface area contributed by atoms with Gasteiger partial charge in [0.05, 0.1) is 28.1 Å². The third-order valence-corrected chi connectivity index (χ3v) is 10.8. The zero-order valence-electron chi connectivity index (χ0n) is 30.3. The number of furan rings is 1. The Hall–Kier alpha value is -6.46. The van der Waals surface area contributed by atoms with Crippen molar-refractivity contribution in [2.45, 2.75) is 32.6 Å². The number of unbranched alkanes of at least 4 members (excludes halogenated alkanes) is 2. The third-order valence-electron chi connectivity index (χ3n) is 10.8. The highest BCUT2D eigenvalue weighted by Gasteiger charge is 2.33. The van der Waals surface area contributed by atoms with Gasteiger partial charge >= 0.3 is 0 Å². The highest BCUT2D eigenvalue weighted by molar-refractivity contribution is 6.73. The van der Waals surface area contributed by atoms with E-state index in [9.17, 15) is 0 Å². The van der Waals surface area contributed by atoms with Gasteiger partial charge in [-0.3, -0.25) is 0 Å². The third kappa shape index (κ3) is 5.39. The van der Waals surface area contributed by atoms with Crippen molar-refractivity contribution in [2.75, 3.05) is 10.2 Å². The molecule has 7 aromatic carbocycles. The van der Waals surface area contributed by atoms with Crippen LogP contribution in [-0.4, -0.2) is 11.8 Å². The second-order valence-electron chi connectivity index (χ2n) is 14.2. The van der Waals surface area contributed by atoms with Gasteiger partial charge in [0.1, 0.15) is 5.58 Å². The Morgan fingerprint density at radius 2 is 1.31 bits per heavy atom. The van der Waals surface area contributed by atoms with E-state index in [4.69, 9.17) is 4.42 Å². The van der Waals surface area contributed by atoms with Gasteiger partial charge in [0.25, 0.3) is 0 Å². The molecule has 2 aromatic heterocycles. The van der Waals surface area contributed by atoms with Crippen LogP contribution in [0, 0.1) is 0 Å². The van der Waals surface area contributed by atoms with E-state index in [1.54, 1.807) is 0 Å². The maximum Gasteiger partial charge on any atom is 0.247 e. The number of hydrogen-bond acceptors (Lipinski definition) is 3. The van der Waals surface area contributed by atoms with Crippen LogP contribution in [0.3, 0.4) is 0 Å². The molecule has 0 amide bonds. The molecule has 0 saturated heterocycles. The van der Waals surface area contributed by atoms with E-state index in [2.05, 4.69) is 193 Å². The van der Waals surface area contributed by atoms with Crippen LogP contribution in [0.25, 0.3) is 49.6 Å². The van der Waals surface area contributed by atoms with Crippen molar-refractivity contribution >= 4 is 79.6 Å². The van der Waals surface area contributed by atoms with Crippen molar-refractivity contribution in [3.05, 3.63) is 169 Å². The number of aromatic nitrogens is 1. The molecule has 54 heavy (non-hydrogen) atoms. The molecule has 1 radical (unpaired) electrons. The Morgan fingerprint density at radius 3 is 2.07 bits per heavy atom. The monoisotopic (exact) mass is 696 g/mol. The predicted molar refractivity (Wildman–Crippen MR) is 229 cm³/mol. The molecule has 0 aliphatic carbocycles. The van der Waals surface area contributed by atoms with Gasteiger partial charge in [-0.05, 0) is 96.2 Å². The average molecular weight is 697 g/mol. The molecule has 0 unspecified atom stereocenters. The highest BCUT2D eigenvalue weighted by Crippen LogP contribution is 2.47. The smallest absolute Gasteiger partial charge is 0.247 e. The molecule has 4 nitrogen and oxygen atoms in total. The Morgan fingerprint density at radius 1 is 0.648 bits per heavy atom. The van der Waals surface area contributed by atoms with Gasteiger partial charge in [-0.15, -0.1) is 0 Å². The van der Waals surface area contributed by atoms with Crippen molar-refractivity contribution in [2.24, 2.45) is 0 Å². The van der Waals surface area contributed by atoms with Crippen LogP contribution in [0.15, 0.2) is 168 Å². The minimum Gasteiger partial charge on any atom is -0.469 e. The van der Waals surface area contributed by atoms with E-state index in [0.29, 0.717) is 0 Å². The number of fused-ring (bicyclic) bond motifs is 7. The molecule has 259 valence electrons. The summed E-state index contributed by atoms with van der Waals surface area (Å²) in [6, 6.07) is 58.7. The molecule has 0 bridgehead atoms. The molecule has 5 heteroatoms. The molecule has 0 saturated carbocycles. The van der Waals surface area contributed by atoms with Crippen molar-refractivity contribution in [3.63, 3.8) is 0 Å². The van der Waals surface area contributed by atoms with Crippen molar-refractivity contribution in [3.8, 4) is 16.8 Å². The molecule has 1 N–H and O–H groups in total. The van der Waals surface area contributed by atoms with E-state index in [1.807, 2.05) is 0 Å². The van der Waals surface area contributed by atoms with E-state index in [1.165, 1.54) is 41.1 Å². The normalized spacial score (nSPS) is 11.9. The number of para-hydroxylation sites is 5. The Kier molecular flexibility index (Phi) is 8.06. The number of nitrogens with zero attached hydrogens (tertiary/aromatic N) is 2. The number of hydrogen-bond donors (Lipinski definition) is 1. The van der Waals surface area contributed by atoms with Gasteiger partial charge in [-0.25, -0.2) is 0 Å². The molecular formula is C49H39BN3O. The largest absolute Gasteiger partial charge is 0.469 e. The lowest BCUT2D eigenvalue weighted by Crippen LogP contribution is -2.36. The minimum atomic E-state index is 0.868. The van der Waals surface area contributed by atoms with Crippen LogP contribution in [0.2, 0.25) is 0 Å². The fraction of sp³-hybridized carbons (Fsp3) is 0.102. The lowest BCUT2D eigenvalue weighted by atomic mass is 9.62. The predicted octanol–water partition coefficient (Wildman–Crippen LogP) is 12.1. The topological polar surface area (TPSA) is 33.3 Å². The van der Waals surface area contributed by atoms with Crippen LogP contribution < -0.4 is 21.3 Å². The SMILES string of the molecule is CCCCCc1ccc(Nc2ccccc2-c2cc(N(c3ccccc3)c3ccccc3)c3c4ccccc4n4c3c2[B]c2oc3ccccc3c2-4)cc1. The lowest BCUT2D eigenvalue weighted by molar-refractivity contribution is 0.650. The summed E-state index contributed by atoms with van der Waals surface area (Å²) in [4.78, 5) is 2.41. The van der Waals surface area contributed by atoms with Crippen LogP contribution in [-0.2, 0) is 6.42 Å². The van der Waals surface area contributed by atoms with Gasteiger partial charge < -0.3 is 19.2 Å². The molecule has 10 rings (SSSR count). The lowest BCUT2D eigenvalue weighted by Gasteiger charge is -2.29. The van der Waals surface area contributed by atoms with Gasteiger partial charge in [-0.2, -0.15) is 0 Å². The molecule has 0 fully saturated rings. The summed E-state index contributed by atoms with van der Waals surface area (Å²) < 4.78 is 9.13. The number of benzene rings is 7. The summed E-state index contributed by atoms with van der Waals surface area (Å²) in [5.41, 5.74) is 15.4. The van der Waals surface area contributed by atoms with E-state index >= 15 is 0 Å². The first-order chi connectivity index (χ1) is 26.8. The van der Waals surface area contributed by atoms with E-state index in [-0.39, 0.29) is 0 Å². The van der Waals surface area contributed by atoms with Crippen LogP contribution >= 0.6 is 0 Å². The summed E-state index contributed by atoms with van der Waals surface area (Å²) in [5.74, 6) is 0. The number of rotatable bonds is 10. The molecule has 9 aromatic rings. The molecule has 3 heterocycles. The van der Waals surface area contributed by atoms with Gasteiger partial charge in [0.2, 0.25) is 7.28 Å². The second-order valence-corrected chi connectivity index (χ2v) is 14.2. The van der Waals surface area contributed by atoms with Crippen LogP contribution in [0.5, 0.6) is 0 Å². The number of anilines is 5. The average Bonchev–Trinajstić information content (AvgIpc) is 3.77. The van der Waals surface area contributed by atoms with Gasteiger partial charge in [0.15, 0.2) is 0 Å².